The molecule has 0 radical (unpaired) electrons. The molecule has 0 spiro atoms. The molecule has 4 aromatic rings. The SMILES string of the molecule is Brc1ccccc1OCc1cccc(-c2nnc(-c3ccccn3)o2)c1. The van der Waals surface area contributed by atoms with Crippen LogP contribution in [0, 0.1) is 0 Å². The second-order valence-electron chi connectivity index (χ2n) is 5.55. The van der Waals surface area contributed by atoms with E-state index in [-0.39, 0.29) is 0 Å². The number of hydrogen-bond donors (Lipinski definition) is 0. The maximum Gasteiger partial charge on any atom is 0.266 e. The van der Waals surface area contributed by atoms with Gasteiger partial charge in [0, 0.05) is 11.8 Å². The van der Waals surface area contributed by atoms with Crippen LogP contribution in [0.15, 0.2) is 81.8 Å². The fourth-order valence-corrected chi connectivity index (χ4v) is 2.85. The minimum Gasteiger partial charge on any atom is -0.488 e. The maximum atomic E-state index is 5.86. The summed E-state index contributed by atoms with van der Waals surface area (Å²) in [5.41, 5.74) is 2.50. The Kier molecular flexibility index (Phi) is 4.75. The Morgan fingerprint density at radius 1 is 0.885 bits per heavy atom. The van der Waals surface area contributed by atoms with Crippen LogP contribution >= 0.6 is 15.9 Å². The minimum atomic E-state index is 0.399. The number of benzene rings is 2. The Morgan fingerprint density at radius 2 is 1.73 bits per heavy atom. The van der Waals surface area contributed by atoms with E-state index in [1.165, 1.54) is 0 Å². The fourth-order valence-electron chi connectivity index (χ4n) is 2.45. The van der Waals surface area contributed by atoms with E-state index in [1.807, 2.05) is 66.7 Å². The number of nitrogens with zero attached hydrogens (tertiary/aromatic N) is 3. The zero-order valence-corrected chi connectivity index (χ0v) is 15.3. The van der Waals surface area contributed by atoms with Crippen molar-refractivity contribution in [1.29, 1.82) is 0 Å². The second kappa shape index (κ2) is 7.49. The smallest absolute Gasteiger partial charge is 0.266 e. The van der Waals surface area contributed by atoms with E-state index < -0.39 is 0 Å². The first kappa shape index (κ1) is 16.5. The summed E-state index contributed by atoms with van der Waals surface area (Å²) in [5, 5.41) is 8.21. The zero-order valence-electron chi connectivity index (χ0n) is 13.7. The van der Waals surface area contributed by atoms with Crippen molar-refractivity contribution in [3.05, 3.63) is 83.0 Å². The second-order valence-corrected chi connectivity index (χ2v) is 6.40. The molecule has 0 amide bonds. The van der Waals surface area contributed by atoms with Gasteiger partial charge in [-0.2, -0.15) is 0 Å². The molecular weight excluding hydrogens is 394 g/mol. The molecule has 6 heteroatoms. The van der Waals surface area contributed by atoms with Gasteiger partial charge in [0.1, 0.15) is 18.1 Å². The first-order valence-electron chi connectivity index (χ1n) is 8.01. The molecule has 4 rings (SSSR count). The van der Waals surface area contributed by atoms with Gasteiger partial charge >= 0.3 is 0 Å². The molecule has 0 fully saturated rings. The predicted molar refractivity (Wildman–Crippen MR) is 101 cm³/mol. The summed E-state index contributed by atoms with van der Waals surface area (Å²) in [7, 11) is 0. The lowest BCUT2D eigenvalue weighted by Gasteiger charge is -2.08. The third kappa shape index (κ3) is 3.65. The van der Waals surface area contributed by atoms with Crippen LogP contribution in [0.2, 0.25) is 0 Å². The minimum absolute atomic E-state index is 0.399. The topological polar surface area (TPSA) is 61.0 Å². The largest absolute Gasteiger partial charge is 0.488 e. The summed E-state index contributed by atoms with van der Waals surface area (Å²) in [5.74, 6) is 1.65. The zero-order chi connectivity index (χ0) is 17.8. The lowest BCUT2D eigenvalue weighted by molar-refractivity contribution is 0.304. The molecule has 0 bridgehead atoms. The van der Waals surface area contributed by atoms with Crippen LogP contribution in [-0.2, 0) is 6.61 Å². The van der Waals surface area contributed by atoms with Crippen molar-refractivity contribution >= 4 is 15.9 Å². The number of pyridine rings is 1. The van der Waals surface area contributed by atoms with Crippen molar-refractivity contribution in [1.82, 2.24) is 15.2 Å². The van der Waals surface area contributed by atoms with Crippen molar-refractivity contribution in [3.63, 3.8) is 0 Å². The average molecular weight is 408 g/mol. The molecule has 0 N–H and O–H groups in total. The van der Waals surface area contributed by atoms with Gasteiger partial charge in [0.25, 0.3) is 5.89 Å². The molecule has 0 saturated heterocycles. The normalized spacial score (nSPS) is 10.7. The summed E-state index contributed by atoms with van der Waals surface area (Å²) < 4.78 is 12.5. The predicted octanol–water partition coefficient (Wildman–Crippen LogP) is 5.14. The Labute approximate surface area is 158 Å². The van der Waals surface area contributed by atoms with Crippen molar-refractivity contribution in [2.75, 3.05) is 0 Å². The number of para-hydroxylation sites is 1. The Balaban J connectivity index is 1.53. The summed E-state index contributed by atoms with van der Waals surface area (Å²) in [6.45, 7) is 0.442. The van der Waals surface area contributed by atoms with Gasteiger partial charge in [-0.1, -0.05) is 30.3 Å². The van der Waals surface area contributed by atoms with E-state index in [1.54, 1.807) is 6.20 Å². The highest BCUT2D eigenvalue weighted by Gasteiger charge is 2.11. The highest BCUT2D eigenvalue weighted by molar-refractivity contribution is 9.10. The number of halogens is 1. The van der Waals surface area contributed by atoms with Gasteiger partial charge in [-0.05, 0) is 57.9 Å². The number of aromatic nitrogens is 3. The standard InChI is InChI=1S/C20H14BrN3O2/c21-16-8-1-2-10-18(16)25-13-14-6-5-7-15(12-14)19-23-24-20(26-19)17-9-3-4-11-22-17/h1-12H,13H2. The van der Waals surface area contributed by atoms with Gasteiger partial charge in [-0.3, -0.25) is 4.98 Å². The fraction of sp³-hybridized carbons (Fsp3) is 0.0500. The third-order valence-corrected chi connectivity index (χ3v) is 4.37. The summed E-state index contributed by atoms with van der Waals surface area (Å²) in [4.78, 5) is 4.22. The van der Waals surface area contributed by atoms with Crippen LogP contribution in [0.1, 0.15) is 5.56 Å². The van der Waals surface area contributed by atoms with E-state index in [4.69, 9.17) is 9.15 Å². The first-order valence-corrected chi connectivity index (χ1v) is 8.80. The lowest BCUT2D eigenvalue weighted by Crippen LogP contribution is -1.96. The van der Waals surface area contributed by atoms with Crippen LogP contribution < -0.4 is 4.74 Å². The molecule has 2 heterocycles. The summed E-state index contributed by atoms with van der Waals surface area (Å²) in [6.07, 6.45) is 1.69. The molecule has 0 saturated carbocycles. The molecule has 0 aliphatic rings. The van der Waals surface area contributed by atoms with E-state index in [0.717, 1.165) is 21.3 Å². The van der Waals surface area contributed by atoms with Gasteiger partial charge in [0.05, 0.1) is 4.47 Å². The highest BCUT2D eigenvalue weighted by atomic mass is 79.9. The van der Waals surface area contributed by atoms with E-state index >= 15 is 0 Å². The molecule has 5 nitrogen and oxygen atoms in total. The van der Waals surface area contributed by atoms with Crippen LogP contribution in [-0.4, -0.2) is 15.2 Å². The number of ether oxygens (including phenoxy) is 1. The van der Waals surface area contributed by atoms with Gasteiger partial charge in [0.15, 0.2) is 0 Å². The Morgan fingerprint density at radius 3 is 2.58 bits per heavy atom. The van der Waals surface area contributed by atoms with E-state index in [0.29, 0.717) is 24.1 Å². The number of hydrogen-bond acceptors (Lipinski definition) is 5. The summed E-state index contributed by atoms with van der Waals surface area (Å²) >= 11 is 3.48. The van der Waals surface area contributed by atoms with Gasteiger partial charge < -0.3 is 9.15 Å². The molecule has 26 heavy (non-hydrogen) atoms. The molecule has 0 atom stereocenters. The molecule has 0 aliphatic heterocycles. The van der Waals surface area contributed by atoms with Crippen molar-refractivity contribution in [2.45, 2.75) is 6.61 Å². The monoisotopic (exact) mass is 407 g/mol. The summed E-state index contributed by atoms with van der Waals surface area (Å²) in [6, 6.07) is 21.2. The third-order valence-electron chi connectivity index (χ3n) is 3.71. The van der Waals surface area contributed by atoms with Crippen molar-refractivity contribution < 1.29 is 9.15 Å². The molecule has 0 aliphatic carbocycles. The van der Waals surface area contributed by atoms with Gasteiger partial charge in [-0.15, -0.1) is 10.2 Å². The lowest BCUT2D eigenvalue weighted by atomic mass is 10.1. The molecular formula is C20H14BrN3O2. The first-order chi connectivity index (χ1) is 12.8. The van der Waals surface area contributed by atoms with Crippen LogP contribution in [0.4, 0.5) is 0 Å². The molecule has 0 unspecified atom stereocenters. The van der Waals surface area contributed by atoms with E-state index in [2.05, 4.69) is 31.1 Å². The molecule has 2 aromatic heterocycles. The van der Waals surface area contributed by atoms with Gasteiger partial charge in [0.2, 0.25) is 5.89 Å². The molecule has 128 valence electrons. The van der Waals surface area contributed by atoms with Gasteiger partial charge in [-0.25, -0.2) is 0 Å². The average Bonchev–Trinajstić information content (AvgIpc) is 3.19. The van der Waals surface area contributed by atoms with E-state index in [9.17, 15) is 0 Å². The van der Waals surface area contributed by atoms with Crippen molar-refractivity contribution in [2.24, 2.45) is 0 Å². The van der Waals surface area contributed by atoms with Crippen LogP contribution in [0.3, 0.4) is 0 Å². The van der Waals surface area contributed by atoms with Crippen LogP contribution in [0.25, 0.3) is 23.0 Å². The Hall–Kier alpha value is -2.99. The Bertz CT molecular complexity index is 1020. The van der Waals surface area contributed by atoms with Crippen LogP contribution in [0.5, 0.6) is 5.75 Å². The van der Waals surface area contributed by atoms with Crippen molar-refractivity contribution in [3.8, 4) is 28.8 Å². The maximum absolute atomic E-state index is 5.86. The quantitative estimate of drug-likeness (QED) is 0.458. The molecule has 2 aromatic carbocycles. The highest BCUT2D eigenvalue weighted by Crippen LogP contribution is 2.26. The number of rotatable bonds is 5.